The predicted octanol–water partition coefficient (Wildman–Crippen LogP) is 1.20. The van der Waals surface area contributed by atoms with E-state index in [2.05, 4.69) is 30.2 Å². The molecule has 1 aliphatic rings. The minimum Gasteiger partial charge on any atom is -0.352 e. The first-order valence-corrected chi connectivity index (χ1v) is 7.58. The lowest BCUT2D eigenvalue weighted by atomic mass is 10.3. The molecule has 0 saturated carbocycles. The molecule has 2 aromatic rings. The van der Waals surface area contributed by atoms with Crippen molar-refractivity contribution in [2.75, 3.05) is 37.3 Å². The lowest BCUT2D eigenvalue weighted by Gasteiger charge is -2.28. The van der Waals surface area contributed by atoms with Gasteiger partial charge in [-0.3, -0.25) is 0 Å². The molecule has 0 bridgehead atoms. The minimum atomic E-state index is 0.242. The first kappa shape index (κ1) is 12.8. The zero-order valence-electron chi connectivity index (χ0n) is 10.4. The van der Waals surface area contributed by atoms with Crippen molar-refractivity contribution in [3.05, 3.63) is 11.6 Å². The third-order valence-corrected chi connectivity index (χ3v) is 3.87. The van der Waals surface area contributed by atoms with E-state index in [4.69, 9.17) is 11.6 Å². The normalized spacial score (nSPS) is 16.0. The quantitative estimate of drug-likeness (QED) is 0.507. The molecule has 1 fully saturated rings. The molecule has 0 radical (unpaired) electrons. The number of nitrogens with one attached hydrogen (secondary N) is 1. The van der Waals surface area contributed by atoms with E-state index in [1.807, 2.05) is 6.26 Å². The number of halogens is 1. The summed E-state index contributed by atoms with van der Waals surface area (Å²) >= 11 is 7.57. The van der Waals surface area contributed by atoms with Gasteiger partial charge < -0.3 is 10.2 Å². The third-order valence-electron chi connectivity index (χ3n) is 3.01. The second-order valence-corrected chi connectivity index (χ2v) is 5.27. The van der Waals surface area contributed by atoms with Crippen LogP contribution in [0.1, 0.15) is 0 Å². The number of nitrogens with zero attached hydrogens (tertiary/aromatic N) is 5. The molecule has 0 atom stereocenters. The van der Waals surface area contributed by atoms with E-state index >= 15 is 0 Å². The lowest BCUT2D eigenvalue weighted by molar-refractivity contribution is 0.585. The number of aromatic nitrogens is 4. The summed E-state index contributed by atoms with van der Waals surface area (Å²) in [6, 6.07) is 0. The average molecular weight is 297 g/mol. The molecule has 1 aliphatic heterocycles. The first-order chi connectivity index (χ1) is 9.29. The maximum Gasteiger partial charge on any atom is 0.225 e. The molecule has 100 valence electrons. The van der Waals surface area contributed by atoms with Crippen molar-refractivity contribution in [1.29, 1.82) is 0 Å². The van der Waals surface area contributed by atoms with Crippen LogP contribution in [0.3, 0.4) is 0 Å². The number of rotatable bonds is 2. The van der Waals surface area contributed by atoms with Gasteiger partial charge in [-0.1, -0.05) is 0 Å². The van der Waals surface area contributed by atoms with Crippen LogP contribution in [0.2, 0.25) is 5.28 Å². The summed E-state index contributed by atoms with van der Waals surface area (Å²) in [5.74, 6) is 0.800. The van der Waals surface area contributed by atoms with E-state index in [9.17, 15) is 0 Å². The van der Waals surface area contributed by atoms with Crippen molar-refractivity contribution in [2.24, 2.45) is 0 Å². The van der Waals surface area contributed by atoms with Gasteiger partial charge in [0, 0.05) is 26.2 Å². The van der Waals surface area contributed by atoms with E-state index in [-0.39, 0.29) is 5.28 Å². The first-order valence-electron chi connectivity index (χ1n) is 5.97. The van der Waals surface area contributed by atoms with Crippen LogP contribution in [0.25, 0.3) is 11.0 Å². The second kappa shape index (κ2) is 5.44. The summed E-state index contributed by atoms with van der Waals surface area (Å²) in [6.07, 6.45) is 3.51. The smallest absolute Gasteiger partial charge is 0.225 e. The van der Waals surface area contributed by atoms with Crippen LogP contribution >= 0.6 is 23.4 Å². The van der Waals surface area contributed by atoms with Crippen LogP contribution in [0.5, 0.6) is 0 Å². The van der Waals surface area contributed by atoms with Gasteiger partial charge in [0.05, 0.1) is 0 Å². The molecule has 2 aromatic heterocycles. The number of piperazine rings is 1. The largest absolute Gasteiger partial charge is 0.352 e. The van der Waals surface area contributed by atoms with Gasteiger partial charge in [-0.2, -0.15) is 4.98 Å². The van der Waals surface area contributed by atoms with Gasteiger partial charge in [0.25, 0.3) is 0 Å². The minimum absolute atomic E-state index is 0.242. The summed E-state index contributed by atoms with van der Waals surface area (Å²) in [7, 11) is 0. The highest BCUT2D eigenvalue weighted by atomic mass is 35.5. The molecule has 0 aromatic carbocycles. The van der Waals surface area contributed by atoms with Gasteiger partial charge in [-0.25, -0.2) is 15.0 Å². The topological polar surface area (TPSA) is 66.8 Å². The predicted molar refractivity (Wildman–Crippen MR) is 77.0 cm³/mol. The fourth-order valence-electron chi connectivity index (χ4n) is 2.13. The zero-order chi connectivity index (χ0) is 13.2. The van der Waals surface area contributed by atoms with Crippen LogP contribution in [0, 0.1) is 0 Å². The standard InChI is InChI=1S/C11H13ClN6S/c1-19-10-8-7(14-6-15-10)9(17-11(12)16-8)18-4-2-13-3-5-18/h6,13H,2-5H2,1H3. The van der Waals surface area contributed by atoms with Crippen molar-refractivity contribution in [2.45, 2.75) is 5.03 Å². The molecular weight excluding hydrogens is 284 g/mol. The molecule has 1 saturated heterocycles. The fourth-order valence-corrected chi connectivity index (χ4v) is 2.78. The molecule has 0 amide bonds. The highest BCUT2D eigenvalue weighted by molar-refractivity contribution is 7.98. The van der Waals surface area contributed by atoms with Gasteiger partial charge >= 0.3 is 0 Å². The van der Waals surface area contributed by atoms with E-state index in [0.29, 0.717) is 0 Å². The van der Waals surface area contributed by atoms with E-state index in [0.717, 1.165) is 48.1 Å². The molecule has 19 heavy (non-hydrogen) atoms. The Morgan fingerprint density at radius 2 is 2.00 bits per heavy atom. The van der Waals surface area contributed by atoms with Crippen LogP contribution in [-0.2, 0) is 0 Å². The molecule has 3 rings (SSSR count). The Morgan fingerprint density at radius 1 is 1.21 bits per heavy atom. The Morgan fingerprint density at radius 3 is 2.74 bits per heavy atom. The van der Waals surface area contributed by atoms with Crippen molar-refractivity contribution in [3.8, 4) is 0 Å². The van der Waals surface area contributed by atoms with Gasteiger partial charge in [0.15, 0.2) is 5.82 Å². The fraction of sp³-hybridized carbons (Fsp3) is 0.455. The molecule has 3 heterocycles. The summed E-state index contributed by atoms with van der Waals surface area (Å²) < 4.78 is 0. The Balaban J connectivity index is 2.17. The number of hydrogen-bond donors (Lipinski definition) is 1. The zero-order valence-corrected chi connectivity index (χ0v) is 12.0. The highest BCUT2D eigenvalue weighted by Gasteiger charge is 2.19. The lowest BCUT2D eigenvalue weighted by Crippen LogP contribution is -2.44. The Kier molecular flexibility index (Phi) is 3.67. The van der Waals surface area contributed by atoms with Gasteiger partial charge in [0.2, 0.25) is 5.28 Å². The number of thioether (sulfide) groups is 1. The third kappa shape index (κ3) is 2.45. The van der Waals surface area contributed by atoms with Gasteiger partial charge in [-0.15, -0.1) is 11.8 Å². The molecule has 8 heteroatoms. The molecule has 0 aliphatic carbocycles. The Bertz CT molecular complexity index is 601. The highest BCUT2D eigenvalue weighted by Crippen LogP contribution is 2.28. The number of hydrogen-bond acceptors (Lipinski definition) is 7. The molecule has 0 spiro atoms. The van der Waals surface area contributed by atoms with E-state index in [1.54, 1.807) is 6.33 Å². The SMILES string of the molecule is CSc1ncnc2c(N3CCNCC3)nc(Cl)nc12. The monoisotopic (exact) mass is 296 g/mol. The summed E-state index contributed by atoms with van der Waals surface area (Å²) in [5, 5.41) is 4.38. The van der Waals surface area contributed by atoms with Crippen LogP contribution in [0.4, 0.5) is 5.82 Å². The summed E-state index contributed by atoms with van der Waals surface area (Å²) in [5.41, 5.74) is 1.49. The number of fused-ring (bicyclic) bond motifs is 1. The second-order valence-electron chi connectivity index (χ2n) is 4.13. The Hall–Kier alpha value is -1.18. The maximum absolute atomic E-state index is 6.04. The number of anilines is 1. The average Bonchev–Trinajstić information content (AvgIpc) is 2.46. The molecule has 1 N–H and O–H groups in total. The summed E-state index contributed by atoms with van der Waals surface area (Å²) in [4.78, 5) is 19.4. The summed E-state index contributed by atoms with van der Waals surface area (Å²) in [6.45, 7) is 3.65. The van der Waals surface area contributed by atoms with Crippen molar-refractivity contribution in [3.63, 3.8) is 0 Å². The van der Waals surface area contributed by atoms with Crippen LogP contribution < -0.4 is 10.2 Å². The van der Waals surface area contributed by atoms with Gasteiger partial charge in [0.1, 0.15) is 22.4 Å². The maximum atomic E-state index is 6.04. The van der Waals surface area contributed by atoms with Crippen molar-refractivity contribution < 1.29 is 0 Å². The van der Waals surface area contributed by atoms with E-state index < -0.39 is 0 Å². The van der Waals surface area contributed by atoms with Crippen LogP contribution in [-0.4, -0.2) is 52.4 Å². The van der Waals surface area contributed by atoms with Crippen LogP contribution in [0.15, 0.2) is 11.4 Å². The molecular formula is C11H13ClN6S. The molecule has 6 nitrogen and oxygen atoms in total. The van der Waals surface area contributed by atoms with Crippen molar-refractivity contribution in [1.82, 2.24) is 25.3 Å². The Labute approximate surface area is 120 Å². The molecule has 0 unspecified atom stereocenters. The van der Waals surface area contributed by atoms with E-state index in [1.165, 1.54) is 11.8 Å². The van der Waals surface area contributed by atoms with Gasteiger partial charge in [-0.05, 0) is 17.9 Å². The van der Waals surface area contributed by atoms with Crippen molar-refractivity contribution >= 4 is 40.2 Å².